The third kappa shape index (κ3) is 3.71. The summed E-state index contributed by atoms with van der Waals surface area (Å²) in [4.78, 5) is 0.358. The molecule has 1 saturated heterocycles. The van der Waals surface area contributed by atoms with Gasteiger partial charge in [0.25, 0.3) is 0 Å². The van der Waals surface area contributed by atoms with Crippen molar-refractivity contribution in [1.29, 1.82) is 0 Å². The summed E-state index contributed by atoms with van der Waals surface area (Å²) in [7, 11) is -3.47. The highest BCUT2D eigenvalue weighted by molar-refractivity contribution is 7.89. The van der Waals surface area contributed by atoms with Gasteiger partial charge in [0.15, 0.2) is 0 Å². The maximum Gasteiger partial charge on any atom is 0.243 e. The first-order valence-electron chi connectivity index (χ1n) is 11.2. The van der Waals surface area contributed by atoms with Crippen LogP contribution < -0.4 is 5.32 Å². The number of hydrogen-bond donors (Lipinski definition) is 1. The fourth-order valence-corrected chi connectivity index (χ4v) is 6.49. The van der Waals surface area contributed by atoms with Gasteiger partial charge in [0.2, 0.25) is 10.0 Å². The molecule has 3 aliphatic rings. The SMILES string of the molecule is CC(C)c1ccc2c(c1)[C@H]1C=CC[C@H]1[C@H](c1ccc(S(=O)(=O)N3CCOCC3)cc1)N2. The molecule has 164 valence electrons. The first-order chi connectivity index (χ1) is 14.9. The standard InChI is InChI=1S/C25H30N2O3S/c1-17(2)19-8-11-24-23(16-19)21-4-3-5-22(21)25(26-24)18-6-9-20(10-7-18)31(28,29)27-12-14-30-15-13-27/h3-4,6-11,16-17,21-22,25-26H,5,12-15H2,1-2H3/t21-,22+,25-/m0/s1. The molecule has 0 saturated carbocycles. The molecular weight excluding hydrogens is 408 g/mol. The van der Waals surface area contributed by atoms with Crippen LogP contribution in [0.15, 0.2) is 59.5 Å². The quantitative estimate of drug-likeness (QED) is 0.706. The van der Waals surface area contributed by atoms with Crippen LogP contribution in [0.1, 0.15) is 54.8 Å². The lowest BCUT2D eigenvalue weighted by Crippen LogP contribution is -2.40. The van der Waals surface area contributed by atoms with Crippen LogP contribution in [0.2, 0.25) is 0 Å². The number of rotatable bonds is 4. The third-order valence-corrected chi connectivity index (χ3v) is 8.81. The number of nitrogens with one attached hydrogen (secondary N) is 1. The smallest absolute Gasteiger partial charge is 0.243 e. The van der Waals surface area contributed by atoms with Crippen molar-refractivity contribution < 1.29 is 13.2 Å². The van der Waals surface area contributed by atoms with Crippen molar-refractivity contribution in [2.24, 2.45) is 5.92 Å². The van der Waals surface area contributed by atoms with Crippen molar-refractivity contribution >= 4 is 15.7 Å². The molecule has 0 amide bonds. The maximum absolute atomic E-state index is 13.0. The Labute approximate surface area is 185 Å². The van der Waals surface area contributed by atoms with E-state index in [1.807, 2.05) is 12.1 Å². The fraction of sp³-hybridized carbons (Fsp3) is 0.440. The zero-order valence-corrected chi connectivity index (χ0v) is 18.9. The van der Waals surface area contributed by atoms with E-state index in [0.29, 0.717) is 49.0 Å². The summed E-state index contributed by atoms with van der Waals surface area (Å²) >= 11 is 0. The predicted molar refractivity (Wildman–Crippen MR) is 123 cm³/mol. The molecule has 31 heavy (non-hydrogen) atoms. The van der Waals surface area contributed by atoms with E-state index >= 15 is 0 Å². The van der Waals surface area contributed by atoms with Gasteiger partial charge in [0.1, 0.15) is 0 Å². The molecular formula is C25H30N2O3S. The average Bonchev–Trinajstić information content (AvgIpc) is 3.29. The molecule has 1 N–H and O–H groups in total. The minimum absolute atomic E-state index is 0.164. The van der Waals surface area contributed by atoms with Crippen LogP contribution in [0.3, 0.4) is 0 Å². The Morgan fingerprint density at radius 2 is 1.81 bits per heavy atom. The van der Waals surface area contributed by atoms with E-state index in [4.69, 9.17) is 4.74 Å². The molecule has 0 aromatic heterocycles. The van der Waals surface area contributed by atoms with Crippen LogP contribution in [0.25, 0.3) is 0 Å². The number of nitrogens with zero attached hydrogens (tertiary/aromatic N) is 1. The van der Waals surface area contributed by atoms with Gasteiger partial charge in [-0.15, -0.1) is 0 Å². The Morgan fingerprint density at radius 3 is 2.52 bits per heavy atom. The van der Waals surface area contributed by atoms with Gasteiger partial charge in [-0.25, -0.2) is 8.42 Å². The first kappa shape index (κ1) is 20.7. The van der Waals surface area contributed by atoms with Gasteiger partial charge in [0.05, 0.1) is 24.2 Å². The van der Waals surface area contributed by atoms with Crippen LogP contribution in [0.4, 0.5) is 5.69 Å². The molecule has 5 rings (SSSR count). The second-order valence-electron chi connectivity index (χ2n) is 9.06. The monoisotopic (exact) mass is 438 g/mol. The minimum Gasteiger partial charge on any atom is -0.379 e. The van der Waals surface area contributed by atoms with Crippen molar-refractivity contribution in [3.63, 3.8) is 0 Å². The molecule has 0 bridgehead atoms. The molecule has 2 aliphatic heterocycles. The number of allylic oxidation sites excluding steroid dienone is 2. The predicted octanol–water partition coefficient (Wildman–Crippen LogP) is 4.66. The highest BCUT2D eigenvalue weighted by Crippen LogP contribution is 2.50. The Hall–Kier alpha value is -2.15. The van der Waals surface area contributed by atoms with E-state index in [1.54, 1.807) is 12.1 Å². The van der Waals surface area contributed by atoms with Crippen LogP contribution in [0.5, 0.6) is 0 Å². The van der Waals surface area contributed by atoms with Gasteiger partial charge in [-0.1, -0.05) is 50.3 Å². The van der Waals surface area contributed by atoms with Crippen LogP contribution >= 0.6 is 0 Å². The zero-order valence-electron chi connectivity index (χ0n) is 18.1. The van der Waals surface area contributed by atoms with Crippen LogP contribution in [0, 0.1) is 5.92 Å². The Balaban J connectivity index is 1.43. The molecule has 2 aromatic rings. The van der Waals surface area contributed by atoms with E-state index < -0.39 is 10.0 Å². The molecule has 5 nitrogen and oxygen atoms in total. The highest BCUT2D eigenvalue weighted by atomic mass is 32.2. The summed E-state index contributed by atoms with van der Waals surface area (Å²) < 4.78 is 32.7. The van der Waals surface area contributed by atoms with Crippen LogP contribution in [-0.2, 0) is 14.8 Å². The largest absolute Gasteiger partial charge is 0.379 e. The fourth-order valence-electron chi connectivity index (χ4n) is 5.09. The normalized spacial score (nSPS) is 25.8. The molecule has 1 aliphatic carbocycles. The molecule has 0 radical (unpaired) electrons. The number of benzene rings is 2. The lowest BCUT2D eigenvalue weighted by Gasteiger charge is -2.38. The molecule has 0 spiro atoms. The number of fused-ring (bicyclic) bond motifs is 3. The Kier molecular flexibility index (Phi) is 5.40. The van der Waals surface area contributed by atoms with Crippen LogP contribution in [-0.4, -0.2) is 39.0 Å². The highest BCUT2D eigenvalue weighted by Gasteiger charge is 2.38. The van der Waals surface area contributed by atoms with E-state index in [-0.39, 0.29) is 6.04 Å². The van der Waals surface area contributed by atoms with E-state index in [9.17, 15) is 8.42 Å². The van der Waals surface area contributed by atoms with Crippen molar-refractivity contribution in [2.45, 2.75) is 43.0 Å². The lowest BCUT2D eigenvalue weighted by molar-refractivity contribution is 0.0730. The molecule has 0 unspecified atom stereocenters. The topological polar surface area (TPSA) is 58.6 Å². The van der Waals surface area contributed by atoms with Gasteiger partial charge in [0, 0.05) is 24.7 Å². The van der Waals surface area contributed by atoms with Gasteiger partial charge in [-0.2, -0.15) is 4.31 Å². The Morgan fingerprint density at radius 1 is 1.06 bits per heavy atom. The van der Waals surface area contributed by atoms with E-state index in [2.05, 4.69) is 49.5 Å². The third-order valence-electron chi connectivity index (χ3n) is 6.90. The summed E-state index contributed by atoms with van der Waals surface area (Å²) in [5.74, 6) is 1.35. The maximum atomic E-state index is 13.0. The number of ether oxygens (including phenoxy) is 1. The molecule has 2 aromatic carbocycles. The van der Waals surface area contributed by atoms with Gasteiger partial charge in [-0.3, -0.25) is 0 Å². The number of sulfonamides is 1. The summed E-state index contributed by atoms with van der Waals surface area (Å²) in [6.07, 6.45) is 5.67. The van der Waals surface area contributed by atoms with Gasteiger partial charge in [-0.05, 0) is 53.1 Å². The summed E-state index contributed by atoms with van der Waals surface area (Å²) in [5.41, 5.74) is 5.08. The minimum atomic E-state index is -3.47. The summed E-state index contributed by atoms with van der Waals surface area (Å²) in [6.45, 7) is 6.21. The number of hydrogen-bond acceptors (Lipinski definition) is 4. The van der Waals surface area contributed by atoms with Crippen molar-refractivity contribution in [1.82, 2.24) is 4.31 Å². The second-order valence-corrected chi connectivity index (χ2v) is 11.0. The molecule has 6 heteroatoms. The second kappa shape index (κ2) is 8.08. The Bertz CT molecular complexity index is 1090. The zero-order chi connectivity index (χ0) is 21.6. The van der Waals surface area contributed by atoms with Gasteiger partial charge < -0.3 is 10.1 Å². The molecule has 1 fully saturated rings. The molecule has 3 atom stereocenters. The van der Waals surface area contributed by atoms with Crippen molar-refractivity contribution in [3.8, 4) is 0 Å². The van der Waals surface area contributed by atoms with Gasteiger partial charge >= 0.3 is 0 Å². The van der Waals surface area contributed by atoms with E-state index in [0.717, 1.165) is 12.0 Å². The van der Waals surface area contributed by atoms with Crippen molar-refractivity contribution in [3.05, 3.63) is 71.3 Å². The first-order valence-corrected chi connectivity index (χ1v) is 12.6. The lowest BCUT2D eigenvalue weighted by atomic mass is 9.76. The molecule has 2 heterocycles. The number of morpholine rings is 1. The van der Waals surface area contributed by atoms with Crippen molar-refractivity contribution in [2.75, 3.05) is 31.6 Å². The summed E-state index contributed by atoms with van der Waals surface area (Å²) in [5, 5.41) is 3.76. The van der Waals surface area contributed by atoms with E-state index in [1.165, 1.54) is 21.1 Å². The number of anilines is 1. The average molecular weight is 439 g/mol. The summed E-state index contributed by atoms with van der Waals surface area (Å²) in [6, 6.07) is 14.4.